The van der Waals surface area contributed by atoms with E-state index in [0.29, 0.717) is 25.9 Å². The molecule has 1 aliphatic heterocycles. The van der Waals surface area contributed by atoms with Crippen molar-refractivity contribution in [3.63, 3.8) is 0 Å². The van der Waals surface area contributed by atoms with Crippen molar-refractivity contribution in [2.45, 2.75) is 37.5 Å². The monoisotopic (exact) mass is 394 g/mol. The molecule has 7 nitrogen and oxygen atoms in total. The molecule has 1 aromatic rings. The number of carboxylic acids is 1. The molecule has 1 aliphatic carbocycles. The van der Waals surface area contributed by atoms with E-state index in [1.54, 1.807) is 29.2 Å². The molecule has 0 aromatic heterocycles. The van der Waals surface area contributed by atoms with E-state index in [1.807, 2.05) is 6.92 Å². The quantitative estimate of drug-likeness (QED) is 0.839. The zero-order chi connectivity index (χ0) is 19.6. The molecule has 1 aromatic carbocycles. The van der Waals surface area contributed by atoms with Gasteiger partial charge < -0.3 is 10.0 Å². The minimum absolute atomic E-state index is 0.144. The van der Waals surface area contributed by atoms with Crippen molar-refractivity contribution < 1.29 is 23.1 Å². The van der Waals surface area contributed by atoms with Gasteiger partial charge in [0, 0.05) is 26.2 Å². The lowest BCUT2D eigenvalue weighted by Gasteiger charge is -2.38. The molecular formula is C19H26N2O5S. The molecule has 0 unspecified atom stereocenters. The van der Waals surface area contributed by atoms with Gasteiger partial charge in [-0.15, -0.1) is 0 Å². The van der Waals surface area contributed by atoms with Crippen LogP contribution in [0.3, 0.4) is 0 Å². The van der Waals surface area contributed by atoms with Crippen LogP contribution in [0.25, 0.3) is 0 Å². The third kappa shape index (κ3) is 4.16. The molecular weight excluding hydrogens is 368 g/mol. The van der Waals surface area contributed by atoms with Crippen LogP contribution in [0.2, 0.25) is 0 Å². The molecule has 1 heterocycles. The number of nitrogens with zero attached hydrogens (tertiary/aromatic N) is 2. The maximum atomic E-state index is 12.8. The Morgan fingerprint density at radius 3 is 2.07 bits per heavy atom. The maximum Gasteiger partial charge on any atom is 0.307 e. The van der Waals surface area contributed by atoms with Crippen LogP contribution in [0.4, 0.5) is 0 Å². The molecule has 2 aliphatic rings. The van der Waals surface area contributed by atoms with Crippen molar-refractivity contribution in [2.24, 2.45) is 11.8 Å². The molecule has 8 heteroatoms. The third-order valence-electron chi connectivity index (χ3n) is 5.61. The molecule has 2 fully saturated rings. The Kier molecular flexibility index (Phi) is 5.86. The van der Waals surface area contributed by atoms with Crippen LogP contribution >= 0.6 is 0 Å². The SMILES string of the molecule is Cc1ccc(S(=O)(=O)N2CCN(C(=O)[C@H]3CCCC[C@H]3C(=O)O)CC2)cc1. The van der Waals surface area contributed by atoms with E-state index in [-0.39, 0.29) is 23.9 Å². The van der Waals surface area contributed by atoms with Gasteiger partial charge in [0.2, 0.25) is 15.9 Å². The van der Waals surface area contributed by atoms with Crippen LogP contribution in [-0.2, 0) is 19.6 Å². The van der Waals surface area contributed by atoms with E-state index in [1.165, 1.54) is 4.31 Å². The molecule has 1 saturated carbocycles. The van der Waals surface area contributed by atoms with Gasteiger partial charge in [0.25, 0.3) is 0 Å². The average Bonchev–Trinajstić information content (AvgIpc) is 2.68. The maximum absolute atomic E-state index is 12.8. The van der Waals surface area contributed by atoms with E-state index in [2.05, 4.69) is 0 Å². The number of carbonyl (C=O) groups excluding carboxylic acids is 1. The van der Waals surface area contributed by atoms with Gasteiger partial charge in [-0.3, -0.25) is 9.59 Å². The lowest BCUT2D eigenvalue weighted by atomic mass is 9.78. The molecule has 148 valence electrons. The highest BCUT2D eigenvalue weighted by molar-refractivity contribution is 7.89. The summed E-state index contributed by atoms with van der Waals surface area (Å²) in [6, 6.07) is 6.73. The lowest BCUT2D eigenvalue weighted by Crippen LogP contribution is -2.53. The molecule has 1 N–H and O–H groups in total. The summed E-state index contributed by atoms with van der Waals surface area (Å²) in [7, 11) is -3.58. The fourth-order valence-electron chi connectivity index (χ4n) is 3.96. The number of aryl methyl sites for hydroxylation is 1. The average molecular weight is 394 g/mol. The molecule has 0 bridgehead atoms. The second kappa shape index (κ2) is 7.98. The Balaban J connectivity index is 1.65. The second-order valence-corrected chi connectivity index (χ2v) is 9.32. The zero-order valence-corrected chi connectivity index (χ0v) is 16.3. The number of carbonyl (C=O) groups is 2. The summed E-state index contributed by atoms with van der Waals surface area (Å²) in [5.41, 5.74) is 0.991. The number of sulfonamides is 1. The first-order valence-electron chi connectivity index (χ1n) is 9.39. The van der Waals surface area contributed by atoms with Crippen molar-refractivity contribution >= 4 is 21.9 Å². The fourth-order valence-corrected chi connectivity index (χ4v) is 5.39. The molecule has 1 amide bonds. The highest BCUT2D eigenvalue weighted by atomic mass is 32.2. The summed E-state index contributed by atoms with van der Waals surface area (Å²) in [6.07, 6.45) is 2.83. The standard InChI is InChI=1S/C19H26N2O5S/c1-14-6-8-15(9-7-14)27(25,26)21-12-10-20(11-13-21)18(22)16-4-2-3-5-17(16)19(23)24/h6-9,16-17H,2-5,10-13H2,1H3,(H,23,24)/t16-,17+/m0/s1. The first-order chi connectivity index (χ1) is 12.8. The van der Waals surface area contributed by atoms with Gasteiger partial charge in [-0.05, 0) is 31.9 Å². The lowest BCUT2D eigenvalue weighted by molar-refractivity contribution is -0.152. The number of benzene rings is 1. The third-order valence-corrected chi connectivity index (χ3v) is 7.52. The summed E-state index contributed by atoms with van der Waals surface area (Å²) >= 11 is 0. The van der Waals surface area contributed by atoms with Crippen LogP contribution in [0.5, 0.6) is 0 Å². The Morgan fingerprint density at radius 2 is 1.52 bits per heavy atom. The van der Waals surface area contributed by atoms with E-state index >= 15 is 0 Å². The molecule has 1 saturated heterocycles. The van der Waals surface area contributed by atoms with Crippen molar-refractivity contribution in [1.82, 2.24) is 9.21 Å². The predicted molar refractivity (Wildman–Crippen MR) is 99.6 cm³/mol. The van der Waals surface area contributed by atoms with Crippen LogP contribution in [0.1, 0.15) is 31.2 Å². The number of carboxylic acid groups (broad SMARTS) is 1. The summed E-state index contributed by atoms with van der Waals surface area (Å²) in [4.78, 5) is 26.2. The summed E-state index contributed by atoms with van der Waals surface area (Å²) < 4.78 is 26.9. The smallest absolute Gasteiger partial charge is 0.307 e. The largest absolute Gasteiger partial charge is 0.481 e. The van der Waals surface area contributed by atoms with Gasteiger partial charge in [-0.1, -0.05) is 30.5 Å². The van der Waals surface area contributed by atoms with Gasteiger partial charge in [-0.2, -0.15) is 4.31 Å². The predicted octanol–water partition coefficient (Wildman–Crippen LogP) is 1.72. The van der Waals surface area contributed by atoms with E-state index in [9.17, 15) is 23.1 Å². The van der Waals surface area contributed by atoms with Crippen molar-refractivity contribution in [3.05, 3.63) is 29.8 Å². The van der Waals surface area contributed by atoms with Crippen LogP contribution in [-0.4, -0.2) is 60.8 Å². The number of rotatable bonds is 4. The van der Waals surface area contributed by atoms with Crippen molar-refractivity contribution in [1.29, 1.82) is 0 Å². The van der Waals surface area contributed by atoms with Gasteiger partial charge in [-0.25, -0.2) is 8.42 Å². The van der Waals surface area contributed by atoms with E-state index in [4.69, 9.17) is 0 Å². The van der Waals surface area contributed by atoms with Crippen molar-refractivity contribution in [2.75, 3.05) is 26.2 Å². The molecule has 0 radical (unpaired) electrons. The van der Waals surface area contributed by atoms with Gasteiger partial charge in [0.1, 0.15) is 0 Å². The zero-order valence-electron chi connectivity index (χ0n) is 15.5. The number of amides is 1. The summed E-state index contributed by atoms with van der Waals surface area (Å²) in [5.74, 6) is -2.17. The van der Waals surface area contributed by atoms with Crippen LogP contribution in [0, 0.1) is 18.8 Å². The number of aliphatic carboxylic acids is 1. The first-order valence-corrected chi connectivity index (χ1v) is 10.8. The van der Waals surface area contributed by atoms with Gasteiger partial charge >= 0.3 is 5.97 Å². The number of piperazine rings is 1. The van der Waals surface area contributed by atoms with Gasteiger partial charge in [0.15, 0.2) is 0 Å². The van der Waals surface area contributed by atoms with Crippen LogP contribution < -0.4 is 0 Å². The van der Waals surface area contributed by atoms with Crippen molar-refractivity contribution in [3.8, 4) is 0 Å². The van der Waals surface area contributed by atoms with E-state index < -0.39 is 27.8 Å². The van der Waals surface area contributed by atoms with Crippen LogP contribution in [0.15, 0.2) is 29.2 Å². The summed E-state index contributed by atoms with van der Waals surface area (Å²) in [5, 5.41) is 9.39. The minimum atomic E-state index is -3.58. The number of hydrogen-bond acceptors (Lipinski definition) is 4. The number of hydrogen-bond donors (Lipinski definition) is 1. The second-order valence-electron chi connectivity index (χ2n) is 7.38. The normalized spacial score (nSPS) is 24.6. The Labute approximate surface area is 160 Å². The highest BCUT2D eigenvalue weighted by Crippen LogP contribution is 2.32. The Bertz CT molecular complexity index is 798. The minimum Gasteiger partial charge on any atom is -0.481 e. The van der Waals surface area contributed by atoms with E-state index in [0.717, 1.165) is 18.4 Å². The molecule has 27 heavy (non-hydrogen) atoms. The topological polar surface area (TPSA) is 95.0 Å². The molecule has 0 spiro atoms. The summed E-state index contributed by atoms with van der Waals surface area (Å²) in [6.45, 7) is 2.95. The Hall–Kier alpha value is -1.93. The Morgan fingerprint density at radius 1 is 0.963 bits per heavy atom. The highest BCUT2D eigenvalue weighted by Gasteiger charge is 2.39. The fraction of sp³-hybridized carbons (Fsp3) is 0.579. The first kappa shape index (κ1) is 19.8. The molecule has 2 atom stereocenters. The van der Waals surface area contributed by atoms with Gasteiger partial charge in [0.05, 0.1) is 16.7 Å². The molecule has 3 rings (SSSR count).